The predicted molar refractivity (Wildman–Crippen MR) is 120 cm³/mol. The van der Waals surface area contributed by atoms with Crippen molar-refractivity contribution in [3.63, 3.8) is 0 Å². The molecule has 0 aliphatic heterocycles. The zero-order valence-corrected chi connectivity index (χ0v) is 19.6. The van der Waals surface area contributed by atoms with E-state index in [1.807, 2.05) is 6.92 Å². The number of hydrogen-bond donors (Lipinski definition) is 1. The summed E-state index contributed by atoms with van der Waals surface area (Å²) in [5.74, 6) is 3.12. The molecule has 0 saturated heterocycles. The van der Waals surface area contributed by atoms with Gasteiger partial charge in [0.1, 0.15) is 5.78 Å². The van der Waals surface area contributed by atoms with Crippen molar-refractivity contribution in [2.24, 2.45) is 46.3 Å². The lowest BCUT2D eigenvalue weighted by Gasteiger charge is -2.58. The second kappa shape index (κ2) is 8.10. The minimum atomic E-state index is -0.662. The second-order valence-electron chi connectivity index (χ2n) is 11.7. The number of carboxylic acids is 1. The molecule has 4 aliphatic rings. The molecule has 0 bridgehead atoms. The molecule has 0 aromatic heterocycles. The van der Waals surface area contributed by atoms with Crippen molar-refractivity contribution >= 4 is 11.8 Å². The van der Waals surface area contributed by atoms with Crippen LogP contribution in [0.15, 0.2) is 11.6 Å². The van der Waals surface area contributed by atoms with E-state index in [2.05, 4.69) is 26.8 Å². The highest BCUT2D eigenvalue weighted by atomic mass is 16.4. The van der Waals surface area contributed by atoms with Crippen LogP contribution in [-0.2, 0) is 9.59 Å². The van der Waals surface area contributed by atoms with E-state index in [-0.39, 0.29) is 11.3 Å². The first-order valence-electron chi connectivity index (χ1n) is 12.6. The number of aliphatic carboxylic acids is 1. The van der Waals surface area contributed by atoms with Gasteiger partial charge in [-0.05, 0) is 93.3 Å². The third-order valence-corrected chi connectivity index (χ3v) is 10.4. The Kier molecular flexibility index (Phi) is 5.96. The molecule has 0 amide bonds. The SMILES string of the molecule is CC(CCC[C@@H](C)[C@H]1CC[C@H]2[C@@H]3CCC4=CCCC(=O)[C@]4(C)[C@H]3CC[C@]12C)C(=O)O. The van der Waals surface area contributed by atoms with Crippen LogP contribution in [0, 0.1) is 46.3 Å². The van der Waals surface area contributed by atoms with Gasteiger partial charge in [-0.25, -0.2) is 0 Å². The molecule has 4 rings (SSSR count). The van der Waals surface area contributed by atoms with E-state index < -0.39 is 5.97 Å². The van der Waals surface area contributed by atoms with Crippen LogP contribution in [0.2, 0.25) is 0 Å². The van der Waals surface area contributed by atoms with E-state index in [4.69, 9.17) is 5.11 Å². The van der Waals surface area contributed by atoms with Crippen molar-refractivity contribution in [3.05, 3.63) is 11.6 Å². The summed E-state index contributed by atoms with van der Waals surface area (Å²) in [5, 5.41) is 9.16. The van der Waals surface area contributed by atoms with Crippen LogP contribution in [0.1, 0.15) is 98.3 Å². The summed E-state index contributed by atoms with van der Waals surface area (Å²) in [6, 6.07) is 0. The molecular formula is C27H42O3. The van der Waals surface area contributed by atoms with Gasteiger partial charge in [0, 0.05) is 6.42 Å². The number of carbonyl (C=O) groups is 2. The third kappa shape index (κ3) is 3.39. The molecule has 0 heterocycles. The summed E-state index contributed by atoms with van der Waals surface area (Å²) in [6.07, 6.45) is 14.7. The van der Waals surface area contributed by atoms with Gasteiger partial charge in [-0.2, -0.15) is 0 Å². The number of carbonyl (C=O) groups excluding carboxylic acids is 1. The zero-order valence-electron chi connectivity index (χ0n) is 19.6. The number of allylic oxidation sites excluding steroid dienone is 2. The molecule has 3 fully saturated rings. The van der Waals surface area contributed by atoms with Gasteiger partial charge in [-0.1, -0.05) is 45.3 Å². The average Bonchev–Trinajstić information content (AvgIpc) is 3.06. The maximum Gasteiger partial charge on any atom is 0.306 e. The highest BCUT2D eigenvalue weighted by Crippen LogP contribution is 2.67. The van der Waals surface area contributed by atoms with Crippen molar-refractivity contribution in [1.82, 2.24) is 0 Å². The van der Waals surface area contributed by atoms with Crippen LogP contribution in [0.5, 0.6) is 0 Å². The van der Waals surface area contributed by atoms with Crippen molar-refractivity contribution in [2.75, 3.05) is 0 Å². The monoisotopic (exact) mass is 414 g/mol. The lowest BCUT2D eigenvalue weighted by molar-refractivity contribution is -0.141. The van der Waals surface area contributed by atoms with Gasteiger partial charge < -0.3 is 5.11 Å². The quantitative estimate of drug-likeness (QED) is 0.494. The van der Waals surface area contributed by atoms with E-state index in [1.54, 1.807) is 0 Å². The van der Waals surface area contributed by atoms with Crippen LogP contribution in [0.3, 0.4) is 0 Å². The standard InChI is InChI=1S/C27H42O3/c1-17(7-5-8-18(2)25(29)30)21-13-14-22-20-12-11-19-9-6-10-24(28)27(19,4)23(20)15-16-26(21,22)3/h9,17-18,20-23H,5-8,10-16H2,1-4H3,(H,29,30)/t17-,18?,20+,21-,22+,23+,26-,27+/m1/s1. The summed E-state index contributed by atoms with van der Waals surface area (Å²) in [7, 11) is 0. The lowest BCUT2D eigenvalue weighted by atomic mass is 9.46. The third-order valence-electron chi connectivity index (χ3n) is 10.4. The Morgan fingerprint density at radius 1 is 1.10 bits per heavy atom. The Morgan fingerprint density at radius 3 is 2.60 bits per heavy atom. The van der Waals surface area contributed by atoms with Crippen LogP contribution in [-0.4, -0.2) is 16.9 Å². The van der Waals surface area contributed by atoms with E-state index in [0.717, 1.165) is 56.3 Å². The fraction of sp³-hybridized carbons (Fsp3) is 0.852. The van der Waals surface area contributed by atoms with Gasteiger partial charge in [0.15, 0.2) is 0 Å². The summed E-state index contributed by atoms with van der Waals surface area (Å²) < 4.78 is 0. The fourth-order valence-electron chi connectivity index (χ4n) is 8.61. The maximum absolute atomic E-state index is 13.1. The number of rotatable bonds is 6. The molecule has 0 radical (unpaired) electrons. The average molecular weight is 415 g/mol. The van der Waals surface area contributed by atoms with Crippen molar-refractivity contribution < 1.29 is 14.7 Å². The molecule has 1 N–H and O–H groups in total. The van der Waals surface area contributed by atoms with Gasteiger partial charge in [0.05, 0.1) is 11.3 Å². The summed E-state index contributed by atoms with van der Waals surface area (Å²) in [5.41, 5.74) is 1.71. The van der Waals surface area contributed by atoms with Crippen LogP contribution in [0.25, 0.3) is 0 Å². The van der Waals surface area contributed by atoms with Crippen LogP contribution < -0.4 is 0 Å². The summed E-state index contributed by atoms with van der Waals surface area (Å²) in [4.78, 5) is 24.2. The molecule has 3 heteroatoms. The topological polar surface area (TPSA) is 54.4 Å². The first-order chi connectivity index (χ1) is 14.2. The van der Waals surface area contributed by atoms with E-state index in [1.165, 1.54) is 37.7 Å². The van der Waals surface area contributed by atoms with E-state index in [9.17, 15) is 9.59 Å². The largest absolute Gasteiger partial charge is 0.481 e. The molecular weight excluding hydrogens is 372 g/mol. The molecule has 8 atom stereocenters. The Bertz CT molecular complexity index is 724. The summed E-state index contributed by atoms with van der Waals surface area (Å²) >= 11 is 0. The number of Topliss-reactive ketones (excluding diaryl/α,β-unsaturated/α-hetero) is 1. The molecule has 0 aromatic carbocycles. The lowest BCUT2D eigenvalue weighted by Crippen LogP contribution is -2.53. The Morgan fingerprint density at radius 2 is 1.87 bits per heavy atom. The van der Waals surface area contributed by atoms with Crippen LogP contribution in [0.4, 0.5) is 0 Å². The molecule has 3 nitrogen and oxygen atoms in total. The zero-order chi connectivity index (χ0) is 21.7. The minimum Gasteiger partial charge on any atom is -0.481 e. The van der Waals surface area contributed by atoms with Gasteiger partial charge in [0.2, 0.25) is 0 Å². The molecule has 3 saturated carbocycles. The minimum absolute atomic E-state index is 0.167. The molecule has 0 spiro atoms. The normalized spacial score (nSPS) is 42.5. The number of carboxylic acid groups (broad SMARTS) is 1. The summed E-state index contributed by atoms with van der Waals surface area (Å²) in [6.45, 7) is 9.11. The van der Waals surface area contributed by atoms with E-state index >= 15 is 0 Å². The van der Waals surface area contributed by atoms with Crippen molar-refractivity contribution in [3.8, 4) is 0 Å². The first kappa shape index (κ1) is 22.1. The van der Waals surface area contributed by atoms with Gasteiger partial charge in [0.25, 0.3) is 0 Å². The molecule has 30 heavy (non-hydrogen) atoms. The fourth-order valence-corrected chi connectivity index (χ4v) is 8.61. The van der Waals surface area contributed by atoms with E-state index in [0.29, 0.717) is 23.0 Å². The highest BCUT2D eigenvalue weighted by Gasteiger charge is 2.60. The van der Waals surface area contributed by atoms with Gasteiger partial charge >= 0.3 is 5.97 Å². The number of hydrogen-bond acceptors (Lipinski definition) is 2. The van der Waals surface area contributed by atoms with Crippen molar-refractivity contribution in [1.29, 1.82) is 0 Å². The Balaban J connectivity index is 1.46. The molecule has 4 aliphatic carbocycles. The molecule has 1 unspecified atom stereocenters. The Hall–Kier alpha value is -1.12. The second-order valence-corrected chi connectivity index (χ2v) is 11.7. The first-order valence-corrected chi connectivity index (χ1v) is 12.6. The molecule has 168 valence electrons. The predicted octanol–water partition coefficient (Wildman–Crippen LogP) is 6.66. The maximum atomic E-state index is 13.1. The van der Waals surface area contributed by atoms with Crippen molar-refractivity contribution in [2.45, 2.75) is 98.3 Å². The van der Waals surface area contributed by atoms with Gasteiger partial charge in [-0.15, -0.1) is 0 Å². The molecule has 0 aromatic rings. The highest BCUT2D eigenvalue weighted by molar-refractivity contribution is 5.89. The number of ketones is 1. The smallest absolute Gasteiger partial charge is 0.306 e. The van der Waals surface area contributed by atoms with Gasteiger partial charge in [-0.3, -0.25) is 9.59 Å². The number of fused-ring (bicyclic) bond motifs is 5. The van der Waals surface area contributed by atoms with Crippen LogP contribution >= 0.6 is 0 Å². The Labute approximate surface area is 183 Å².